The van der Waals surface area contributed by atoms with Crippen molar-refractivity contribution in [2.24, 2.45) is 7.05 Å². The predicted molar refractivity (Wildman–Crippen MR) is 67.2 cm³/mol. The summed E-state index contributed by atoms with van der Waals surface area (Å²) in [5, 5.41) is 3.81. The maximum Gasteiger partial charge on any atom is 0.287 e. The predicted octanol–water partition coefficient (Wildman–Crippen LogP) is -0.119. The highest BCUT2D eigenvalue weighted by atomic mass is 32.2. The fraction of sp³-hybridized carbons (Fsp3) is 0.375. The Labute approximate surface area is 103 Å². The van der Waals surface area contributed by atoms with Gasteiger partial charge in [-0.1, -0.05) is 11.8 Å². The third kappa shape index (κ3) is 2.86. The summed E-state index contributed by atoms with van der Waals surface area (Å²) in [5.74, 6) is -0.284. The van der Waals surface area contributed by atoms with E-state index in [0.29, 0.717) is 10.8 Å². The molecule has 6 nitrogen and oxygen atoms in total. The minimum atomic E-state index is -0.284. The summed E-state index contributed by atoms with van der Waals surface area (Å²) in [6.45, 7) is 0. The molecule has 1 aromatic rings. The Balaban J connectivity index is 2.66. The van der Waals surface area contributed by atoms with E-state index in [1.54, 1.807) is 18.7 Å². The van der Waals surface area contributed by atoms with Crippen LogP contribution in [0.5, 0.6) is 0 Å². The first-order valence-electron chi connectivity index (χ1n) is 4.44. The zero-order chi connectivity index (χ0) is 12.1. The molecule has 0 saturated heterocycles. The molecule has 0 saturated carbocycles. The molecule has 8 heteroatoms. The number of hydrogen-bond acceptors (Lipinski definition) is 4. The van der Waals surface area contributed by atoms with Gasteiger partial charge >= 0.3 is 0 Å². The Kier molecular flexibility index (Phi) is 4.56. The first kappa shape index (κ1) is 12.8. The van der Waals surface area contributed by atoms with Gasteiger partial charge in [0.1, 0.15) is 5.69 Å². The normalized spacial score (nSPS) is 9.69. The topological polar surface area (TPSA) is 71.0 Å². The monoisotopic (exact) mass is 259 g/mol. The largest absolute Gasteiger partial charge is 0.364 e. The molecule has 1 rings (SSSR count). The van der Waals surface area contributed by atoms with E-state index in [0.717, 1.165) is 5.16 Å². The minimum Gasteiger partial charge on any atom is -0.364 e. The van der Waals surface area contributed by atoms with E-state index in [9.17, 15) is 4.79 Å². The molecule has 1 aromatic heterocycles. The second kappa shape index (κ2) is 5.71. The van der Waals surface area contributed by atoms with E-state index in [1.807, 2.05) is 6.26 Å². The van der Waals surface area contributed by atoms with Crippen LogP contribution in [0.1, 0.15) is 10.5 Å². The van der Waals surface area contributed by atoms with E-state index < -0.39 is 0 Å². The highest BCUT2D eigenvalue weighted by Crippen LogP contribution is 2.13. The van der Waals surface area contributed by atoms with Gasteiger partial charge in [0.25, 0.3) is 5.91 Å². The van der Waals surface area contributed by atoms with Crippen LogP contribution in [0.25, 0.3) is 0 Å². The summed E-state index contributed by atoms with van der Waals surface area (Å²) in [7, 11) is 3.45. The molecule has 0 aliphatic heterocycles. The second-order valence-electron chi connectivity index (χ2n) is 2.85. The molecule has 88 valence electrons. The number of aromatic nitrogens is 2. The molecule has 0 fully saturated rings. The lowest BCUT2D eigenvalue weighted by molar-refractivity contribution is 0.0935. The number of amides is 1. The van der Waals surface area contributed by atoms with Crippen LogP contribution in [0.2, 0.25) is 0 Å². The number of nitrogens with zero attached hydrogens (tertiary/aromatic N) is 2. The molecule has 0 unspecified atom stereocenters. The highest BCUT2D eigenvalue weighted by molar-refractivity contribution is 7.98. The molecular weight excluding hydrogens is 246 g/mol. The number of thioether (sulfide) groups is 1. The third-order valence-corrected chi connectivity index (χ3v) is 2.93. The van der Waals surface area contributed by atoms with Crippen molar-refractivity contribution in [3.8, 4) is 0 Å². The van der Waals surface area contributed by atoms with Crippen molar-refractivity contribution < 1.29 is 4.79 Å². The van der Waals surface area contributed by atoms with Gasteiger partial charge in [-0.15, -0.1) is 0 Å². The Morgan fingerprint density at radius 2 is 2.25 bits per heavy atom. The summed E-state index contributed by atoms with van der Waals surface area (Å²) in [6.07, 6.45) is 3.42. The van der Waals surface area contributed by atoms with Gasteiger partial charge in [-0.05, 0) is 18.5 Å². The van der Waals surface area contributed by atoms with Crippen molar-refractivity contribution in [2.75, 3.05) is 13.3 Å². The first-order valence-corrected chi connectivity index (χ1v) is 6.07. The standard InChI is InChI=1S/C8H13N5OS2/c1-9-7(15)12-11-6(14)5-4-10-8(16-3)13(5)2/h4H,1-3H3,(H,11,14)(H2,9,12,15). The number of carbonyl (C=O) groups excluding carboxylic acids is 1. The van der Waals surface area contributed by atoms with E-state index >= 15 is 0 Å². The second-order valence-corrected chi connectivity index (χ2v) is 4.03. The van der Waals surface area contributed by atoms with Gasteiger partial charge in [0.15, 0.2) is 10.3 Å². The Morgan fingerprint density at radius 3 is 2.75 bits per heavy atom. The van der Waals surface area contributed by atoms with Gasteiger partial charge in [-0.2, -0.15) is 0 Å². The van der Waals surface area contributed by atoms with Crippen molar-refractivity contribution in [1.29, 1.82) is 0 Å². The van der Waals surface area contributed by atoms with Gasteiger partial charge in [-0.3, -0.25) is 15.6 Å². The molecule has 1 amide bonds. The summed E-state index contributed by atoms with van der Waals surface area (Å²) >= 11 is 6.30. The van der Waals surface area contributed by atoms with Crippen molar-refractivity contribution in [3.05, 3.63) is 11.9 Å². The van der Waals surface area contributed by atoms with Crippen LogP contribution in [0, 0.1) is 0 Å². The molecule has 0 radical (unpaired) electrons. The molecule has 3 N–H and O–H groups in total. The number of rotatable bonds is 2. The number of hydrogen-bond donors (Lipinski definition) is 3. The highest BCUT2D eigenvalue weighted by Gasteiger charge is 2.13. The van der Waals surface area contributed by atoms with Crippen LogP contribution in [0.4, 0.5) is 0 Å². The molecule has 0 aromatic carbocycles. The van der Waals surface area contributed by atoms with E-state index in [2.05, 4.69) is 21.2 Å². The van der Waals surface area contributed by atoms with Gasteiger partial charge in [0, 0.05) is 14.1 Å². The summed E-state index contributed by atoms with van der Waals surface area (Å²) in [5.41, 5.74) is 5.49. The van der Waals surface area contributed by atoms with Crippen molar-refractivity contribution >= 4 is 35.0 Å². The van der Waals surface area contributed by atoms with E-state index in [1.165, 1.54) is 18.0 Å². The minimum absolute atomic E-state index is 0.284. The number of nitrogens with one attached hydrogen (secondary N) is 3. The van der Waals surface area contributed by atoms with Gasteiger partial charge in [-0.25, -0.2) is 4.98 Å². The van der Waals surface area contributed by atoms with Crippen LogP contribution < -0.4 is 16.2 Å². The smallest absolute Gasteiger partial charge is 0.287 e. The quantitative estimate of drug-likeness (QED) is 0.391. The van der Waals surface area contributed by atoms with Gasteiger partial charge < -0.3 is 9.88 Å². The lowest BCUT2D eigenvalue weighted by Crippen LogP contribution is -2.46. The fourth-order valence-electron chi connectivity index (χ4n) is 1.03. The Morgan fingerprint density at radius 1 is 1.56 bits per heavy atom. The van der Waals surface area contributed by atoms with E-state index in [4.69, 9.17) is 12.2 Å². The zero-order valence-electron chi connectivity index (χ0n) is 9.20. The molecular formula is C8H13N5OS2. The molecule has 0 aliphatic rings. The molecule has 0 spiro atoms. The number of hydrazine groups is 1. The van der Waals surface area contributed by atoms with E-state index in [-0.39, 0.29) is 5.91 Å². The Bertz CT molecular complexity index is 403. The molecule has 0 atom stereocenters. The fourth-order valence-corrected chi connectivity index (χ4v) is 1.61. The van der Waals surface area contributed by atoms with Crippen LogP contribution in [0.3, 0.4) is 0 Å². The Hall–Kier alpha value is -1.28. The van der Waals surface area contributed by atoms with Crippen molar-refractivity contribution in [2.45, 2.75) is 5.16 Å². The number of thiocarbonyl (C=S) groups is 1. The van der Waals surface area contributed by atoms with Crippen LogP contribution in [-0.4, -0.2) is 33.9 Å². The number of imidazole rings is 1. The average Bonchev–Trinajstić information content (AvgIpc) is 2.66. The lowest BCUT2D eigenvalue weighted by atomic mass is 10.4. The SMILES string of the molecule is CNC(=S)NNC(=O)c1cnc(SC)n1C. The summed E-state index contributed by atoms with van der Waals surface area (Å²) in [6, 6.07) is 0. The maximum atomic E-state index is 11.7. The van der Waals surface area contributed by atoms with Crippen LogP contribution in [-0.2, 0) is 7.05 Å². The summed E-state index contributed by atoms with van der Waals surface area (Å²) < 4.78 is 1.71. The third-order valence-electron chi connectivity index (χ3n) is 1.88. The summed E-state index contributed by atoms with van der Waals surface area (Å²) in [4.78, 5) is 15.8. The zero-order valence-corrected chi connectivity index (χ0v) is 10.8. The average molecular weight is 259 g/mol. The first-order chi connectivity index (χ1) is 7.60. The van der Waals surface area contributed by atoms with Gasteiger partial charge in [0.05, 0.1) is 6.20 Å². The molecule has 0 bridgehead atoms. The van der Waals surface area contributed by atoms with Crippen molar-refractivity contribution in [1.82, 2.24) is 25.7 Å². The lowest BCUT2D eigenvalue weighted by Gasteiger charge is -2.09. The van der Waals surface area contributed by atoms with Crippen molar-refractivity contribution in [3.63, 3.8) is 0 Å². The molecule has 16 heavy (non-hydrogen) atoms. The van der Waals surface area contributed by atoms with Crippen LogP contribution >= 0.6 is 24.0 Å². The molecule has 1 heterocycles. The van der Waals surface area contributed by atoms with Crippen LogP contribution in [0.15, 0.2) is 11.4 Å². The maximum absolute atomic E-state index is 11.7. The molecule has 0 aliphatic carbocycles. The van der Waals surface area contributed by atoms with Gasteiger partial charge in [0.2, 0.25) is 0 Å². The number of carbonyl (C=O) groups is 1.